The molecular formula is C14H22BrNOS. The Kier molecular flexibility index (Phi) is 4.86. The predicted molar refractivity (Wildman–Crippen MR) is 81.2 cm³/mol. The lowest BCUT2D eigenvalue weighted by Gasteiger charge is -2.44. The minimum Gasteiger partial charge on any atom is -0.376 e. The molecule has 1 fully saturated rings. The van der Waals surface area contributed by atoms with Crippen molar-refractivity contribution in [1.82, 2.24) is 5.32 Å². The van der Waals surface area contributed by atoms with Crippen LogP contribution in [-0.4, -0.2) is 19.8 Å². The molecule has 1 heterocycles. The fourth-order valence-corrected chi connectivity index (χ4v) is 4.86. The Morgan fingerprint density at radius 2 is 2.33 bits per heavy atom. The predicted octanol–water partition coefficient (Wildman–Crippen LogP) is 4.37. The van der Waals surface area contributed by atoms with Crippen LogP contribution >= 0.6 is 27.3 Å². The Balaban J connectivity index is 2.32. The van der Waals surface area contributed by atoms with Crippen molar-refractivity contribution in [3.63, 3.8) is 0 Å². The number of likely N-dealkylation sites (N-methyl/N-ethyl adjacent to an activating group) is 1. The fourth-order valence-electron chi connectivity index (χ4n) is 3.31. The van der Waals surface area contributed by atoms with Crippen LogP contribution in [0.4, 0.5) is 0 Å². The molecule has 1 saturated carbocycles. The van der Waals surface area contributed by atoms with Gasteiger partial charge in [0.05, 0.1) is 11.6 Å². The number of thiophene rings is 1. The van der Waals surface area contributed by atoms with E-state index in [0.29, 0.717) is 0 Å². The van der Waals surface area contributed by atoms with Crippen molar-refractivity contribution in [2.45, 2.75) is 44.2 Å². The molecule has 1 N–H and O–H groups in total. The van der Waals surface area contributed by atoms with Gasteiger partial charge in [0.25, 0.3) is 0 Å². The van der Waals surface area contributed by atoms with Crippen LogP contribution in [0.2, 0.25) is 0 Å². The van der Waals surface area contributed by atoms with E-state index in [4.69, 9.17) is 4.74 Å². The van der Waals surface area contributed by atoms with Crippen LogP contribution in [0, 0.1) is 5.92 Å². The molecule has 1 aliphatic rings. The maximum Gasteiger partial charge on any atom is 0.0875 e. The quantitative estimate of drug-likeness (QED) is 0.884. The molecule has 3 unspecified atom stereocenters. The van der Waals surface area contributed by atoms with Crippen molar-refractivity contribution >= 4 is 27.3 Å². The average molecular weight is 332 g/mol. The standard InChI is InChI=1S/C14H22BrNOS/c1-10-5-4-6-14(7-10,17-3)13(16-2)11-8-18-9-12(11)15/h8-10,13,16H,4-7H2,1-3H3. The van der Waals surface area contributed by atoms with Gasteiger partial charge in [0, 0.05) is 17.0 Å². The van der Waals surface area contributed by atoms with Crippen molar-refractivity contribution < 1.29 is 4.74 Å². The SMILES string of the molecule is CNC(c1cscc1Br)C1(OC)CCCC(C)C1. The summed E-state index contributed by atoms with van der Waals surface area (Å²) < 4.78 is 7.20. The Morgan fingerprint density at radius 1 is 1.56 bits per heavy atom. The van der Waals surface area contributed by atoms with Gasteiger partial charge < -0.3 is 10.1 Å². The maximum absolute atomic E-state index is 6.00. The van der Waals surface area contributed by atoms with Crippen LogP contribution in [0.5, 0.6) is 0 Å². The first-order chi connectivity index (χ1) is 8.63. The molecule has 0 aromatic carbocycles. The summed E-state index contributed by atoms with van der Waals surface area (Å²) >= 11 is 5.40. The van der Waals surface area contributed by atoms with E-state index >= 15 is 0 Å². The molecule has 0 spiro atoms. The Morgan fingerprint density at radius 3 is 2.83 bits per heavy atom. The smallest absolute Gasteiger partial charge is 0.0875 e. The van der Waals surface area contributed by atoms with E-state index in [9.17, 15) is 0 Å². The third-order valence-electron chi connectivity index (χ3n) is 4.17. The van der Waals surface area contributed by atoms with Gasteiger partial charge in [-0.25, -0.2) is 0 Å². The Hall–Kier alpha value is 0.1000. The van der Waals surface area contributed by atoms with Crippen molar-refractivity contribution in [2.75, 3.05) is 14.2 Å². The van der Waals surface area contributed by atoms with Gasteiger partial charge in [-0.15, -0.1) is 0 Å². The van der Waals surface area contributed by atoms with Crippen molar-refractivity contribution in [2.24, 2.45) is 5.92 Å². The summed E-state index contributed by atoms with van der Waals surface area (Å²) in [5, 5.41) is 7.85. The van der Waals surface area contributed by atoms with Gasteiger partial charge in [-0.3, -0.25) is 0 Å². The first-order valence-electron chi connectivity index (χ1n) is 6.57. The van der Waals surface area contributed by atoms with Gasteiger partial charge in [0.15, 0.2) is 0 Å². The second kappa shape index (κ2) is 6.04. The summed E-state index contributed by atoms with van der Waals surface area (Å²) in [7, 11) is 3.90. The molecule has 0 saturated heterocycles. The van der Waals surface area contributed by atoms with E-state index in [1.807, 2.05) is 14.2 Å². The second-order valence-electron chi connectivity index (χ2n) is 5.37. The minimum atomic E-state index is -0.0595. The molecule has 2 rings (SSSR count). The zero-order chi connectivity index (χ0) is 13.2. The van der Waals surface area contributed by atoms with Crippen LogP contribution in [0.25, 0.3) is 0 Å². The molecular weight excluding hydrogens is 310 g/mol. The van der Waals surface area contributed by atoms with Crippen LogP contribution in [0.15, 0.2) is 15.2 Å². The van der Waals surface area contributed by atoms with Gasteiger partial charge in [-0.2, -0.15) is 11.3 Å². The van der Waals surface area contributed by atoms with Gasteiger partial charge in [0.2, 0.25) is 0 Å². The summed E-state index contributed by atoms with van der Waals surface area (Å²) in [6, 6.07) is 0.269. The molecule has 0 aliphatic heterocycles. The number of nitrogens with one attached hydrogen (secondary N) is 1. The van der Waals surface area contributed by atoms with Crippen LogP contribution in [-0.2, 0) is 4.74 Å². The number of methoxy groups -OCH3 is 1. The summed E-state index contributed by atoms with van der Waals surface area (Å²) in [5.74, 6) is 0.743. The molecule has 102 valence electrons. The topological polar surface area (TPSA) is 21.3 Å². The zero-order valence-corrected chi connectivity index (χ0v) is 13.7. The van der Waals surface area contributed by atoms with E-state index in [-0.39, 0.29) is 11.6 Å². The van der Waals surface area contributed by atoms with Crippen molar-refractivity contribution in [1.29, 1.82) is 0 Å². The molecule has 1 aromatic heterocycles. The second-order valence-corrected chi connectivity index (χ2v) is 6.97. The molecule has 4 heteroatoms. The number of ether oxygens (including phenoxy) is 1. The molecule has 2 nitrogen and oxygen atoms in total. The van der Waals surface area contributed by atoms with Crippen LogP contribution in [0.3, 0.4) is 0 Å². The lowest BCUT2D eigenvalue weighted by Crippen LogP contribution is -2.47. The highest BCUT2D eigenvalue weighted by molar-refractivity contribution is 9.10. The lowest BCUT2D eigenvalue weighted by molar-refractivity contribution is -0.0790. The summed E-state index contributed by atoms with van der Waals surface area (Å²) in [5.41, 5.74) is 1.27. The van der Waals surface area contributed by atoms with Crippen molar-refractivity contribution in [3.8, 4) is 0 Å². The first kappa shape index (κ1) is 14.5. The molecule has 18 heavy (non-hydrogen) atoms. The zero-order valence-electron chi connectivity index (χ0n) is 11.3. The molecule has 0 amide bonds. The molecule has 1 aromatic rings. The highest BCUT2D eigenvalue weighted by Crippen LogP contribution is 2.45. The average Bonchev–Trinajstić information content (AvgIpc) is 2.77. The summed E-state index contributed by atoms with van der Waals surface area (Å²) in [4.78, 5) is 0. The highest BCUT2D eigenvalue weighted by atomic mass is 79.9. The molecule has 1 aliphatic carbocycles. The normalized spacial score (nSPS) is 30.3. The first-order valence-corrected chi connectivity index (χ1v) is 8.30. The van der Waals surface area contributed by atoms with Crippen LogP contribution in [0.1, 0.15) is 44.2 Å². The summed E-state index contributed by atoms with van der Waals surface area (Å²) in [6.45, 7) is 2.34. The largest absolute Gasteiger partial charge is 0.376 e. The van der Waals surface area contributed by atoms with E-state index < -0.39 is 0 Å². The molecule has 3 atom stereocenters. The third-order valence-corrected chi connectivity index (χ3v) is 5.92. The van der Waals surface area contributed by atoms with Gasteiger partial charge >= 0.3 is 0 Å². The third kappa shape index (κ3) is 2.67. The Bertz CT molecular complexity index is 395. The van der Waals surface area contributed by atoms with Gasteiger partial charge in [0.1, 0.15) is 0 Å². The monoisotopic (exact) mass is 331 g/mol. The minimum absolute atomic E-state index is 0.0595. The number of hydrogen-bond donors (Lipinski definition) is 1. The van der Waals surface area contributed by atoms with E-state index in [1.54, 1.807) is 11.3 Å². The lowest BCUT2D eigenvalue weighted by atomic mass is 9.73. The van der Waals surface area contributed by atoms with E-state index in [1.165, 1.54) is 22.9 Å². The maximum atomic E-state index is 6.00. The van der Waals surface area contributed by atoms with E-state index in [2.05, 4.69) is 38.9 Å². The van der Waals surface area contributed by atoms with Crippen molar-refractivity contribution in [3.05, 3.63) is 20.8 Å². The molecule has 0 radical (unpaired) electrons. The van der Waals surface area contributed by atoms with Gasteiger partial charge in [-0.1, -0.05) is 19.8 Å². The van der Waals surface area contributed by atoms with Gasteiger partial charge in [-0.05, 0) is 52.7 Å². The highest BCUT2D eigenvalue weighted by Gasteiger charge is 2.43. The summed E-state index contributed by atoms with van der Waals surface area (Å²) in [6.07, 6.45) is 4.86. The fraction of sp³-hybridized carbons (Fsp3) is 0.714. The molecule has 0 bridgehead atoms. The van der Waals surface area contributed by atoms with E-state index in [0.717, 1.165) is 18.8 Å². The Labute approximate surface area is 122 Å². The number of halogens is 1. The number of rotatable bonds is 4. The van der Waals surface area contributed by atoms with Crippen LogP contribution < -0.4 is 5.32 Å². The number of hydrogen-bond acceptors (Lipinski definition) is 3.